The van der Waals surface area contributed by atoms with Crippen LogP contribution in [0.5, 0.6) is 0 Å². The number of rotatable bonds is 4. The number of thiazole rings is 1. The van der Waals surface area contributed by atoms with E-state index in [1.54, 1.807) is 6.92 Å². The maximum absolute atomic E-state index is 11.2. The molecule has 0 aliphatic carbocycles. The van der Waals surface area contributed by atoms with E-state index in [9.17, 15) is 15.2 Å². The Morgan fingerprint density at radius 2 is 2.08 bits per heavy atom. The lowest BCUT2D eigenvalue weighted by molar-refractivity contribution is 0.0701. The number of nitrogens with zero attached hydrogens (tertiary/aromatic N) is 3. The van der Waals surface area contributed by atoms with Crippen LogP contribution in [-0.4, -0.2) is 35.1 Å². The molecule has 0 bridgehead atoms. The molecule has 2 aromatic heterocycles. The van der Waals surface area contributed by atoms with E-state index >= 15 is 0 Å². The third-order valence-corrected chi connectivity index (χ3v) is 6.00. The van der Waals surface area contributed by atoms with E-state index in [2.05, 4.69) is 22.0 Å². The number of aromatic carboxylic acids is 1. The van der Waals surface area contributed by atoms with Gasteiger partial charge in [0.1, 0.15) is 16.0 Å². The second-order valence-electron chi connectivity index (χ2n) is 5.76. The number of hydrogen-bond donors (Lipinski definition) is 1. The minimum Gasteiger partial charge on any atom is -0.477 e. The zero-order chi connectivity index (χ0) is 17.4. The van der Waals surface area contributed by atoms with Crippen molar-refractivity contribution in [2.45, 2.75) is 13.5 Å². The predicted molar refractivity (Wildman–Crippen MR) is 96.7 cm³/mol. The number of aromatic nitrogens is 1. The van der Waals surface area contributed by atoms with Crippen LogP contribution in [0.25, 0.3) is 20.0 Å². The Kier molecular flexibility index (Phi) is 4.37. The minimum absolute atomic E-state index is 0.260. The van der Waals surface area contributed by atoms with Gasteiger partial charge in [0.25, 0.3) is 0 Å². The van der Waals surface area contributed by atoms with Crippen molar-refractivity contribution in [3.8, 4) is 16.0 Å². The zero-order valence-electron chi connectivity index (χ0n) is 13.5. The average molecular weight is 357 g/mol. The zero-order valence-corrected chi connectivity index (χ0v) is 15.1. The van der Waals surface area contributed by atoms with Gasteiger partial charge < -0.3 is 10.0 Å². The summed E-state index contributed by atoms with van der Waals surface area (Å²) in [5.41, 5.74) is 2.25. The second kappa shape index (κ2) is 6.32. The van der Waals surface area contributed by atoms with Crippen LogP contribution < -0.4 is 0 Å². The van der Waals surface area contributed by atoms with Gasteiger partial charge in [0.2, 0.25) is 0 Å². The Labute approximate surface area is 147 Å². The Balaban J connectivity index is 2.13. The lowest BCUT2D eigenvalue weighted by atomic mass is 10.1. The molecule has 3 rings (SSSR count). The van der Waals surface area contributed by atoms with Gasteiger partial charge >= 0.3 is 5.97 Å². The summed E-state index contributed by atoms with van der Waals surface area (Å²) in [7, 11) is 3.97. The largest absolute Gasteiger partial charge is 0.477 e. The van der Waals surface area contributed by atoms with Gasteiger partial charge in [-0.05, 0) is 50.2 Å². The summed E-state index contributed by atoms with van der Waals surface area (Å²) in [4.78, 5) is 18.8. The number of benzene rings is 1. The highest BCUT2D eigenvalue weighted by Crippen LogP contribution is 2.38. The molecule has 5 nitrogen and oxygen atoms in total. The van der Waals surface area contributed by atoms with Gasteiger partial charge in [-0.15, -0.1) is 22.7 Å². The number of carboxylic acid groups (broad SMARTS) is 1. The molecule has 1 N–H and O–H groups in total. The topological polar surface area (TPSA) is 77.2 Å². The van der Waals surface area contributed by atoms with Crippen LogP contribution in [0.15, 0.2) is 18.2 Å². The highest BCUT2D eigenvalue weighted by Gasteiger charge is 2.17. The molecular weight excluding hydrogens is 342 g/mol. The third kappa shape index (κ3) is 3.04. The van der Waals surface area contributed by atoms with Crippen LogP contribution >= 0.6 is 22.7 Å². The van der Waals surface area contributed by atoms with Crippen molar-refractivity contribution in [2.75, 3.05) is 14.1 Å². The van der Waals surface area contributed by atoms with Crippen molar-refractivity contribution in [1.82, 2.24) is 9.88 Å². The summed E-state index contributed by atoms with van der Waals surface area (Å²) in [5.74, 6) is -0.955. The molecule has 1 aromatic carbocycles. The number of hydrogen-bond acceptors (Lipinski definition) is 6. The average Bonchev–Trinajstić information content (AvgIpc) is 3.08. The summed E-state index contributed by atoms with van der Waals surface area (Å²) in [6, 6.07) is 8.25. The molecule has 0 fully saturated rings. The summed E-state index contributed by atoms with van der Waals surface area (Å²) >= 11 is 2.65. The van der Waals surface area contributed by atoms with Crippen LogP contribution in [0.1, 0.15) is 26.5 Å². The van der Waals surface area contributed by atoms with Crippen molar-refractivity contribution in [1.29, 1.82) is 5.26 Å². The fourth-order valence-corrected chi connectivity index (χ4v) is 4.62. The van der Waals surface area contributed by atoms with Gasteiger partial charge in [-0.3, -0.25) is 0 Å². The standard InChI is InChI=1S/C17H15N3O2S2/c1-9-14(17(21)22)24-16(19-9)13-6-11-4-10(8-20(2)3)5-12(7-18)15(11)23-13/h4-6H,8H2,1-3H3,(H,21,22). The monoisotopic (exact) mass is 357 g/mol. The SMILES string of the molecule is Cc1nc(-c2cc3cc(CN(C)C)cc(C#N)c3s2)sc1C(=O)O. The fraction of sp³-hybridized carbons (Fsp3) is 0.235. The second-order valence-corrected chi connectivity index (χ2v) is 7.81. The molecule has 0 amide bonds. The number of nitriles is 1. The van der Waals surface area contributed by atoms with Gasteiger partial charge in [0.05, 0.1) is 20.8 Å². The molecule has 0 aliphatic rings. The molecule has 0 atom stereocenters. The molecule has 0 aliphatic heterocycles. The molecule has 0 radical (unpaired) electrons. The first kappa shape index (κ1) is 16.6. The molecule has 0 spiro atoms. The summed E-state index contributed by atoms with van der Waals surface area (Å²) in [5, 5.41) is 20.3. The number of carbonyl (C=O) groups is 1. The lowest BCUT2D eigenvalue weighted by Crippen LogP contribution is -2.10. The number of aryl methyl sites for hydroxylation is 1. The first-order valence-electron chi connectivity index (χ1n) is 7.21. The van der Waals surface area contributed by atoms with Crippen LogP contribution in [0.3, 0.4) is 0 Å². The van der Waals surface area contributed by atoms with Crippen LogP contribution in [0.4, 0.5) is 0 Å². The predicted octanol–water partition coefficient (Wildman–Crippen LogP) is 3.96. The van der Waals surface area contributed by atoms with E-state index in [1.807, 2.05) is 26.2 Å². The Bertz CT molecular complexity index is 980. The molecule has 2 heterocycles. The Morgan fingerprint density at radius 1 is 1.33 bits per heavy atom. The van der Waals surface area contributed by atoms with Crippen molar-refractivity contribution >= 4 is 38.7 Å². The number of fused-ring (bicyclic) bond motifs is 1. The van der Waals surface area contributed by atoms with E-state index in [4.69, 9.17) is 0 Å². The molecular formula is C17H15N3O2S2. The van der Waals surface area contributed by atoms with Crippen molar-refractivity contribution in [3.63, 3.8) is 0 Å². The first-order valence-corrected chi connectivity index (χ1v) is 8.84. The maximum Gasteiger partial charge on any atom is 0.347 e. The lowest BCUT2D eigenvalue weighted by Gasteiger charge is -2.09. The van der Waals surface area contributed by atoms with Gasteiger partial charge in [-0.25, -0.2) is 9.78 Å². The Morgan fingerprint density at radius 3 is 2.67 bits per heavy atom. The molecule has 24 heavy (non-hydrogen) atoms. The van der Waals surface area contributed by atoms with E-state index in [0.717, 1.165) is 27.1 Å². The van der Waals surface area contributed by atoms with Gasteiger partial charge in [-0.2, -0.15) is 5.26 Å². The van der Waals surface area contributed by atoms with Crippen LogP contribution in [-0.2, 0) is 6.54 Å². The molecule has 0 saturated heterocycles. The molecule has 3 aromatic rings. The molecule has 7 heteroatoms. The summed E-state index contributed by atoms with van der Waals surface area (Å²) < 4.78 is 0.916. The minimum atomic E-state index is -0.955. The van der Waals surface area contributed by atoms with E-state index < -0.39 is 5.97 Å². The van der Waals surface area contributed by atoms with E-state index in [1.165, 1.54) is 22.7 Å². The van der Waals surface area contributed by atoms with Crippen molar-refractivity contribution in [3.05, 3.63) is 39.9 Å². The maximum atomic E-state index is 11.2. The highest BCUT2D eigenvalue weighted by molar-refractivity contribution is 7.26. The fourth-order valence-electron chi connectivity index (χ4n) is 2.56. The van der Waals surface area contributed by atoms with Gasteiger partial charge in [0, 0.05) is 6.54 Å². The van der Waals surface area contributed by atoms with E-state index in [0.29, 0.717) is 16.3 Å². The van der Waals surface area contributed by atoms with E-state index in [-0.39, 0.29) is 4.88 Å². The van der Waals surface area contributed by atoms with Gasteiger partial charge in [0.15, 0.2) is 0 Å². The molecule has 122 valence electrons. The smallest absolute Gasteiger partial charge is 0.347 e. The first-order chi connectivity index (χ1) is 11.4. The van der Waals surface area contributed by atoms with Gasteiger partial charge in [-0.1, -0.05) is 0 Å². The van der Waals surface area contributed by atoms with Crippen LogP contribution in [0.2, 0.25) is 0 Å². The van der Waals surface area contributed by atoms with Crippen LogP contribution in [0, 0.1) is 18.3 Å². The van der Waals surface area contributed by atoms with Crippen molar-refractivity contribution in [2.24, 2.45) is 0 Å². The Hall–Kier alpha value is -2.27. The summed E-state index contributed by atoms with van der Waals surface area (Å²) in [6.45, 7) is 2.46. The number of carboxylic acids is 1. The molecule has 0 saturated carbocycles. The summed E-state index contributed by atoms with van der Waals surface area (Å²) in [6.07, 6.45) is 0. The normalized spacial score (nSPS) is 11.1. The quantitative estimate of drug-likeness (QED) is 0.764. The third-order valence-electron chi connectivity index (χ3n) is 3.50. The highest BCUT2D eigenvalue weighted by atomic mass is 32.1. The molecule has 0 unspecified atom stereocenters. The number of thiophene rings is 1. The van der Waals surface area contributed by atoms with Crippen molar-refractivity contribution < 1.29 is 9.90 Å².